The largest absolute Gasteiger partial charge is 0.455 e. The molecule has 10 heteroatoms. The van der Waals surface area contributed by atoms with Crippen LogP contribution in [0.4, 0.5) is 4.79 Å². The average molecular weight is 578 g/mol. The molecule has 1 amide bonds. The van der Waals surface area contributed by atoms with E-state index in [1.165, 1.54) is 13.8 Å². The highest BCUT2D eigenvalue weighted by Crippen LogP contribution is 2.29. The molecular formula is C31H47NO9. The van der Waals surface area contributed by atoms with E-state index in [0.717, 1.165) is 12.8 Å². The molecule has 0 bridgehead atoms. The molecule has 2 N–H and O–H groups in total. The number of hydrogen-bond acceptors (Lipinski definition) is 9. The Hall–Kier alpha value is -2.82. The zero-order valence-electron chi connectivity index (χ0n) is 25.2. The lowest BCUT2D eigenvalue weighted by Crippen LogP contribution is -2.42. The fourth-order valence-corrected chi connectivity index (χ4v) is 5.27. The van der Waals surface area contributed by atoms with Crippen molar-refractivity contribution in [2.75, 3.05) is 26.9 Å². The van der Waals surface area contributed by atoms with Gasteiger partial charge in [0.2, 0.25) is 11.6 Å². The summed E-state index contributed by atoms with van der Waals surface area (Å²) in [4.78, 5) is 52.0. The summed E-state index contributed by atoms with van der Waals surface area (Å²) in [7, 11) is 1.61. The van der Waals surface area contributed by atoms with Gasteiger partial charge in [0.15, 0.2) is 0 Å². The van der Waals surface area contributed by atoms with Crippen LogP contribution in [0.3, 0.4) is 0 Å². The molecule has 2 aliphatic rings. The molecule has 0 aromatic heterocycles. The highest BCUT2D eigenvalue weighted by molar-refractivity contribution is 6.38. The smallest absolute Gasteiger partial charge is 0.410 e. The highest BCUT2D eigenvalue weighted by Gasteiger charge is 2.37. The molecule has 41 heavy (non-hydrogen) atoms. The van der Waals surface area contributed by atoms with Crippen LogP contribution in [-0.4, -0.2) is 89.5 Å². The van der Waals surface area contributed by atoms with Crippen molar-refractivity contribution in [1.82, 2.24) is 4.90 Å². The number of esters is 1. The van der Waals surface area contributed by atoms with Crippen LogP contribution in [0.2, 0.25) is 0 Å². The van der Waals surface area contributed by atoms with E-state index >= 15 is 0 Å². The Balaban J connectivity index is 2.17. The van der Waals surface area contributed by atoms with E-state index < -0.39 is 47.2 Å². The third-order valence-corrected chi connectivity index (χ3v) is 7.71. The quantitative estimate of drug-likeness (QED) is 0.192. The summed E-state index contributed by atoms with van der Waals surface area (Å²) < 4.78 is 16.0. The third kappa shape index (κ3) is 10.5. The molecule has 0 aromatic rings. The van der Waals surface area contributed by atoms with Gasteiger partial charge >= 0.3 is 12.1 Å². The number of likely N-dealkylation sites (tertiary alicyclic amines) is 1. The number of ketones is 2. The molecule has 1 aliphatic carbocycles. The Morgan fingerprint density at radius 3 is 2.59 bits per heavy atom. The normalized spacial score (nSPS) is 31.9. The molecule has 7 atom stereocenters. The monoisotopic (exact) mass is 577 g/mol. The summed E-state index contributed by atoms with van der Waals surface area (Å²) in [6.07, 6.45) is 7.70. The number of nitrogens with zero attached hydrogens (tertiary/aromatic N) is 1. The van der Waals surface area contributed by atoms with Crippen molar-refractivity contribution >= 4 is 23.6 Å². The van der Waals surface area contributed by atoms with Gasteiger partial charge in [0.05, 0.1) is 31.3 Å². The van der Waals surface area contributed by atoms with Gasteiger partial charge in [-0.3, -0.25) is 14.4 Å². The van der Waals surface area contributed by atoms with Crippen molar-refractivity contribution in [3.63, 3.8) is 0 Å². The predicted molar refractivity (Wildman–Crippen MR) is 153 cm³/mol. The number of aliphatic hydroxyl groups is 2. The maximum atomic E-state index is 13.3. The minimum atomic E-state index is -1.47. The van der Waals surface area contributed by atoms with Gasteiger partial charge in [0.1, 0.15) is 11.7 Å². The van der Waals surface area contributed by atoms with E-state index in [9.17, 15) is 29.4 Å². The number of ether oxygens (including phenoxy) is 3. The van der Waals surface area contributed by atoms with E-state index in [1.54, 1.807) is 50.2 Å². The topological polar surface area (TPSA) is 140 Å². The molecule has 1 aliphatic heterocycles. The summed E-state index contributed by atoms with van der Waals surface area (Å²) in [5.74, 6) is -3.25. The molecule has 1 fully saturated rings. The number of aliphatic hydroxyl groups excluding tert-OH is 1. The van der Waals surface area contributed by atoms with Crippen LogP contribution in [0.5, 0.6) is 0 Å². The van der Waals surface area contributed by atoms with Crippen LogP contribution >= 0.6 is 0 Å². The lowest BCUT2D eigenvalue weighted by atomic mass is 9.79. The average Bonchev–Trinajstić information content (AvgIpc) is 3.36. The van der Waals surface area contributed by atoms with Crippen molar-refractivity contribution in [2.45, 2.75) is 90.6 Å². The maximum absolute atomic E-state index is 13.3. The Labute approximate surface area is 243 Å². The first-order chi connectivity index (χ1) is 19.3. The first-order valence-electron chi connectivity index (χ1n) is 14.4. The molecule has 0 radical (unpaired) electrons. The fraction of sp³-hybridized carbons (Fsp3) is 0.677. The minimum absolute atomic E-state index is 0.0303. The molecular weight excluding hydrogens is 530 g/mol. The number of carbonyl (C=O) groups is 4. The van der Waals surface area contributed by atoms with E-state index in [2.05, 4.69) is 0 Å². The summed E-state index contributed by atoms with van der Waals surface area (Å²) >= 11 is 0. The SMILES string of the molecule is COC[C@H]1CCCN1C(=O)OC[C@@H](C)/C=C/C=C(\C)[C@H]1C(=O)C(=O)C[C@@H](O)CC[C@](C)(O)[C@@H](OC(C)=O)/C=C/[C@@H]1C. The first-order valence-corrected chi connectivity index (χ1v) is 14.4. The summed E-state index contributed by atoms with van der Waals surface area (Å²) in [6.45, 7) is 9.50. The van der Waals surface area contributed by atoms with Crippen molar-refractivity contribution in [3.8, 4) is 0 Å². The van der Waals surface area contributed by atoms with E-state index in [0.29, 0.717) is 18.7 Å². The van der Waals surface area contributed by atoms with E-state index in [-0.39, 0.29) is 43.9 Å². The molecule has 0 unspecified atom stereocenters. The minimum Gasteiger partial charge on any atom is -0.455 e. The Morgan fingerprint density at radius 2 is 1.93 bits per heavy atom. The molecule has 1 saturated heterocycles. The third-order valence-electron chi connectivity index (χ3n) is 7.71. The number of Topliss-reactive ketones (excluding diaryl/α,β-unsaturated/α-hetero) is 2. The van der Waals surface area contributed by atoms with Gasteiger partial charge in [-0.25, -0.2) is 4.79 Å². The van der Waals surface area contributed by atoms with E-state index in [4.69, 9.17) is 14.2 Å². The first kappa shape index (κ1) is 34.4. The standard InChI is InChI=1S/C31H47NO9/c1-20(18-40-30(37)32-16-8-11-24(32)19-39-6)9-7-10-21(2)28-22(3)12-13-27(41-23(4)33)31(5,38)15-14-25(34)17-26(35)29(28)36/h7,9-10,12-13,20,22,24-25,27-28,34,38H,8,11,14-19H2,1-6H3/b9-7+,13-12+,21-10+/t20-,22-,24+,25-,27-,28+,31-/m0/s1. The second-order valence-corrected chi connectivity index (χ2v) is 11.6. The molecule has 10 nitrogen and oxygen atoms in total. The van der Waals surface area contributed by atoms with Crippen molar-refractivity contribution in [2.24, 2.45) is 17.8 Å². The second kappa shape index (κ2) is 16.0. The number of allylic oxidation sites excluding steroid dienone is 4. The zero-order valence-corrected chi connectivity index (χ0v) is 25.2. The van der Waals surface area contributed by atoms with Gasteiger partial charge < -0.3 is 29.3 Å². The summed E-state index contributed by atoms with van der Waals surface area (Å²) in [5, 5.41) is 21.4. The van der Waals surface area contributed by atoms with Crippen molar-refractivity contribution < 1.29 is 43.6 Å². The van der Waals surface area contributed by atoms with Gasteiger partial charge in [-0.2, -0.15) is 0 Å². The van der Waals surface area contributed by atoms with Crippen LogP contribution in [0, 0.1) is 17.8 Å². The molecule has 0 spiro atoms. The Kier molecular flexibility index (Phi) is 13.4. The predicted octanol–water partition coefficient (Wildman–Crippen LogP) is 3.55. The van der Waals surface area contributed by atoms with Crippen LogP contribution in [0.1, 0.15) is 66.7 Å². The van der Waals surface area contributed by atoms with Gasteiger partial charge in [-0.05, 0) is 51.5 Å². The molecule has 1 heterocycles. The second-order valence-electron chi connectivity index (χ2n) is 11.6. The lowest BCUT2D eigenvalue weighted by Gasteiger charge is -2.32. The summed E-state index contributed by atoms with van der Waals surface area (Å²) in [6, 6.07) is 0.0303. The number of carbonyl (C=O) groups excluding carboxylic acids is 4. The molecule has 0 aromatic carbocycles. The van der Waals surface area contributed by atoms with Crippen LogP contribution in [0.25, 0.3) is 0 Å². The molecule has 2 rings (SSSR count). The summed E-state index contributed by atoms with van der Waals surface area (Å²) in [5.41, 5.74) is -0.847. The molecule has 230 valence electrons. The van der Waals surface area contributed by atoms with Gasteiger partial charge in [-0.1, -0.05) is 43.7 Å². The van der Waals surface area contributed by atoms with Gasteiger partial charge in [-0.15, -0.1) is 0 Å². The molecule has 0 saturated carbocycles. The number of methoxy groups -OCH3 is 1. The van der Waals surface area contributed by atoms with Crippen molar-refractivity contribution in [1.29, 1.82) is 0 Å². The van der Waals surface area contributed by atoms with Gasteiger partial charge in [0.25, 0.3) is 0 Å². The number of hydrogen-bond donors (Lipinski definition) is 2. The number of amides is 1. The van der Waals surface area contributed by atoms with Crippen LogP contribution in [0.15, 0.2) is 36.0 Å². The number of rotatable bonds is 8. The lowest BCUT2D eigenvalue weighted by molar-refractivity contribution is -0.156. The zero-order chi connectivity index (χ0) is 30.7. The maximum Gasteiger partial charge on any atom is 0.410 e. The van der Waals surface area contributed by atoms with Gasteiger partial charge in [0, 0.05) is 32.9 Å². The van der Waals surface area contributed by atoms with Crippen molar-refractivity contribution in [3.05, 3.63) is 36.0 Å². The highest BCUT2D eigenvalue weighted by atomic mass is 16.6. The fourth-order valence-electron chi connectivity index (χ4n) is 5.27. The Morgan fingerprint density at radius 1 is 1.22 bits per heavy atom. The van der Waals surface area contributed by atoms with Crippen LogP contribution in [-0.2, 0) is 28.6 Å². The Bertz CT molecular complexity index is 1020. The van der Waals surface area contributed by atoms with Crippen LogP contribution < -0.4 is 0 Å². The van der Waals surface area contributed by atoms with E-state index in [1.807, 2.05) is 13.0 Å².